The highest BCUT2D eigenvalue weighted by Crippen LogP contribution is 2.17. The number of amides is 1. The monoisotopic (exact) mass is 724 g/mol. The lowest BCUT2D eigenvalue weighted by Gasteiger charge is -2.24. The minimum atomic E-state index is -1.11. The fourth-order valence-corrected chi connectivity index (χ4v) is 7.09. The molecule has 6 nitrogen and oxygen atoms in total. The molecule has 0 radical (unpaired) electrons. The number of hydrogen-bond acceptors (Lipinski definition) is 5. The van der Waals surface area contributed by atoms with Crippen LogP contribution in [0, 0.1) is 0 Å². The molecular formula is C45H89NO5. The molecule has 4 unspecified atom stereocenters. The van der Waals surface area contributed by atoms with E-state index in [2.05, 4.69) is 31.3 Å². The van der Waals surface area contributed by atoms with Crippen molar-refractivity contribution < 1.29 is 25.2 Å². The molecule has 0 aliphatic rings. The van der Waals surface area contributed by atoms with Crippen LogP contribution in [0.1, 0.15) is 239 Å². The third-order valence-electron chi connectivity index (χ3n) is 10.7. The van der Waals surface area contributed by atoms with Crippen molar-refractivity contribution in [3.8, 4) is 0 Å². The van der Waals surface area contributed by atoms with Gasteiger partial charge < -0.3 is 25.7 Å². The van der Waals surface area contributed by atoms with Gasteiger partial charge in [0.25, 0.3) is 0 Å². The van der Waals surface area contributed by atoms with E-state index in [1.807, 2.05) is 0 Å². The second-order valence-electron chi connectivity index (χ2n) is 15.8. The predicted molar refractivity (Wildman–Crippen MR) is 219 cm³/mol. The van der Waals surface area contributed by atoms with Crippen LogP contribution in [0.25, 0.3) is 0 Å². The molecule has 4 atom stereocenters. The van der Waals surface area contributed by atoms with Crippen LogP contribution >= 0.6 is 0 Å². The Bertz CT molecular complexity index is 731. The van der Waals surface area contributed by atoms with E-state index in [1.165, 1.54) is 167 Å². The zero-order valence-electron chi connectivity index (χ0n) is 34.1. The van der Waals surface area contributed by atoms with Gasteiger partial charge in [0.05, 0.1) is 24.9 Å². The molecule has 1 amide bonds. The Morgan fingerprint density at radius 1 is 0.471 bits per heavy atom. The van der Waals surface area contributed by atoms with Crippen molar-refractivity contribution in [2.24, 2.45) is 0 Å². The smallest absolute Gasteiger partial charge is 0.249 e. The molecule has 6 heteroatoms. The summed E-state index contributed by atoms with van der Waals surface area (Å²) >= 11 is 0. The molecule has 51 heavy (non-hydrogen) atoms. The van der Waals surface area contributed by atoms with Crippen LogP contribution in [0.15, 0.2) is 12.2 Å². The Balaban J connectivity index is 3.67. The molecular weight excluding hydrogens is 634 g/mol. The first kappa shape index (κ1) is 50.1. The Hall–Kier alpha value is -0.950. The average molecular weight is 724 g/mol. The Kier molecular flexibility index (Phi) is 39.5. The summed E-state index contributed by atoms with van der Waals surface area (Å²) in [6.45, 7) is 4.18. The summed E-state index contributed by atoms with van der Waals surface area (Å²) in [5, 5.41) is 43.6. The fourth-order valence-electron chi connectivity index (χ4n) is 7.09. The van der Waals surface area contributed by atoms with Gasteiger partial charge in [-0.2, -0.15) is 0 Å². The van der Waals surface area contributed by atoms with Crippen LogP contribution in [0.2, 0.25) is 0 Å². The molecule has 5 N–H and O–H groups in total. The number of carbonyl (C=O) groups excluding carboxylic acids is 1. The molecule has 0 saturated carbocycles. The number of nitrogens with one attached hydrogen (secondary N) is 1. The van der Waals surface area contributed by atoms with Gasteiger partial charge in [-0.25, -0.2) is 0 Å². The van der Waals surface area contributed by atoms with Gasteiger partial charge in [-0.05, 0) is 44.9 Å². The SMILES string of the molecule is CCCCCCCCCC=CCCCC(O)C(O)CC(CO)NC(=O)C(O)CCCCCCCCCCCCCCCCCCCCCCCC. The Morgan fingerprint density at radius 2 is 0.824 bits per heavy atom. The fraction of sp³-hybridized carbons (Fsp3) is 0.933. The first-order valence-electron chi connectivity index (χ1n) is 22.6. The van der Waals surface area contributed by atoms with Crippen molar-refractivity contribution in [2.75, 3.05) is 6.61 Å². The molecule has 0 spiro atoms. The number of allylic oxidation sites excluding steroid dienone is 2. The summed E-state index contributed by atoms with van der Waals surface area (Å²) in [6.07, 6.45) is 43.5. The van der Waals surface area contributed by atoms with Crippen molar-refractivity contribution >= 4 is 5.91 Å². The number of carbonyl (C=O) groups is 1. The number of hydrogen-bond donors (Lipinski definition) is 5. The molecule has 0 aromatic carbocycles. The summed E-state index contributed by atoms with van der Waals surface area (Å²) in [7, 11) is 0. The van der Waals surface area contributed by atoms with Crippen molar-refractivity contribution in [1.82, 2.24) is 5.32 Å². The molecule has 0 saturated heterocycles. The van der Waals surface area contributed by atoms with Gasteiger partial charge in [-0.15, -0.1) is 0 Å². The summed E-state index contributed by atoms with van der Waals surface area (Å²) in [4.78, 5) is 12.5. The van der Waals surface area contributed by atoms with Crippen LogP contribution in [0.4, 0.5) is 0 Å². The second-order valence-corrected chi connectivity index (χ2v) is 15.8. The van der Waals surface area contributed by atoms with E-state index in [-0.39, 0.29) is 13.0 Å². The summed E-state index contributed by atoms with van der Waals surface area (Å²) in [5.74, 6) is -0.509. The molecule has 0 aliphatic heterocycles. The maximum atomic E-state index is 12.5. The van der Waals surface area contributed by atoms with Crippen LogP contribution in [-0.2, 0) is 4.79 Å². The Morgan fingerprint density at radius 3 is 1.22 bits per heavy atom. The molecule has 0 heterocycles. The predicted octanol–water partition coefficient (Wildman–Crippen LogP) is 11.8. The van der Waals surface area contributed by atoms with Crippen molar-refractivity contribution in [3.05, 3.63) is 12.2 Å². The summed E-state index contributed by atoms with van der Waals surface area (Å²) in [5.41, 5.74) is 0. The number of aliphatic hydroxyl groups excluding tert-OH is 4. The molecule has 304 valence electrons. The highest BCUT2D eigenvalue weighted by Gasteiger charge is 2.24. The van der Waals surface area contributed by atoms with Crippen molar-refractivity contribution in [2.45, 2.75) is 263 Å². The maximum Gasteiger partial charge on any atom is 0.249 e. The molecule has 0 bridgehead atoms. The maximum absolute atomic E-state index is 12.5. The Labute approximate surface area is 317 Å². The van der Waals surface area contributed by atoms with Gasteiger partial charge in [-0.1, -0.05) is 206 Å². The highest BCUT2D eigenvalue weighted by atomic mass is 16.3. The minimum Gasteiger partial charge on any atom is -0.394 e. The van der Waals surface area contributed by atoms with Gasteiger partial charge in [0, 0.05) is 0 Å². The lowest BCUT2D eigenvalue weighted by molar-refractivity contribution is -0.131. The van der Waals surface area contributed by atoms with E-state index in [0.717, 1.165) is 38.5 Å². The zero-order valence-corrected chi connectivity index (χ0v) is 34.1. The number of aliphatic hydroxyl groups is 4. The van der Waals surface area contributed by atoms with E-state index in [1.54, 1.807) is 0 Å². The van der Waals surface area contributed by atoms with Crippen molar-refractivity contribution in [3.63, 3.8) is 0 Å². The van der Waals surface area contributed by atoms with Gasteiger partial charge in [0.2, 0.25) is 5.91 Å². The van der Waals surface area contributed by atoms with Gasteiger partial charge >= 0.3 is 0 Å². The summed E-state index contributed by atoms with van der Waals surface area (Å²) in [6, 6.07) is -0.691. The first-order chi connectivity index (χ1) is 25.0. The zero-order chi connectivity index (χ0) is 37.5. The number of rotatable bonds is 41. The van der Waals surface area contributed by atoms with Crippen LogP contribution in [0.3, 0.4) is 0 Å². The van der Waals surface area contributed by atoms with E-state index in [4.69, 9.17) is 0 Å². The largest absolute Gasteiger partial charge is 0.394 e. The normalized spacial score (nSPS) is 14.2. The lowest BCUT2D eigenvalue weighted by atomic mass is 10.00. The minimum absolute atomic E-state index is 0.0591. The second kappa shape index (κ2) is 40.2. The van der Waals surface area contributed by atoms with Crippen LogP contribution < -0.4 is 5.32 Å². The third-order valence-corrected chi connectivity index (χ3v) is 10.7. The average Bonchev–Trinajstić information content (AvgIpc) is 3.13. The highest BCUT2D eigenvalue weighted by molar-refractivity contribution is 5.80. The molecule has 0 aromatic heterocycles. The van der Waals surface area contributed by atoms with E-state index in [0.29, 0.717) is 12.8 Å². The first-order valence-corrected chi connectivity index (χ1v) is 22.6. The molecule has 0 fully saturated rings. The van der Waals surface area contributed by atoms with E-state index >= 15 is 0 Å². The molecule has 0 aliphatic carbocycles. The standard InChI is InChI=1S/C45H89NO5/c1-3-5-7-9-11-13-15-17-18-19-20-21-22-23-24-25-26-28-30-32-34-36-38-43(49)45(51)46-41(40-47)39-44(50)42(48)37-35-33-31-29-27-16-14-12-10-8-6-4-2/h29,31,41-44,47-50H,3-28,30,32-40H2,1-2H3,(H,46,51). The number of unbranched alkanes of at least 4 members (excludes halogenated alkanes) is 29. The lowest BCUT2D eigenvalue weighted by Crippen LogP contribution is -2.46. The van der Waals surface area contributed by atoms with Crippen LogP contribution in [0.5, 0.6) is 0 Å². The topological polar surface area (TPSA) is 110 Å². The van der Waals surface area contributed by atoms with E-state index in [9.17, 15) is 25.2 Å². The molecule has 0 rings (SSSR count). The van der Waals surface area contributed by atoms with Gasteiger partial charge in [-0.3, -0.25) is 4.79 Å². The third kappa shape index (κ3) is 35.8. The van der Waals surface area contributed by atoms with Crippen LogP contribution in [-0.4, -0.2) is 57.3 Å². The van der Waals surface area contributed by atoms with Crippen molar-refractivity contribution in [1.29, 1.82) is 0 Å². The van der Waals surface area contributed by atoms with Gasteiger partial charge in [0.1, 0.15) is 6.10 Å². The van der Waals surface area contributed by atoms with E-state index < -0.39 is 30.3 Å². The summed E-state index contributed by atoms with van der Waals surface area (Å²) < 4.78 is 0. The van der Waals surface area contributed by atoms with Gasteiger partial charge in [0.15, 0.2) is 0 Å². The quantitative estimate of drug-likeness (QED) is 0.0319. The molecule has 0 aromatic rings.